The standard InChI is InChI=1S/C26H32N2O6/c1-26(2,3)22(14-23(30)27-21(12-13-29)24(31)32)28-25(33)34-15-20-18-10-6-4-8-16(18)17-9-5-7-11-19(17)20/h4-11,20-22,29H,12-15H2,1-3H3,(H,27,30)(H,28,33)(H,31,32). The minimum Gasteiger partial charge on any atom is -0.480 e. The van der Waals surface area contributed by atoms with Crippen LogP contribution in [0.25, 0.3) is 11.1 Å². The second-order valence-corrected chi connectivity index (χ2v) is 9.56. The van der Waals surface area contributed by atoms with Crippen molar-refractivity contribution in [3.05, 3.63) is 59.7 Å². The van der Waals surface area contributed by atoms with Crippen molar-refractivity contribution in [2.45, 2.75) is 51.6 Å². The molecule has 0 aromatic heterocycles. The molecule has 3 rings (SSSR count). The number of benzene rings is 2. The summed E-state index contributed by atoms with van der Waals surface area (Å²) in [4.78, 5) is 36.4. The van der Waals surface area contributed by atoms with E-state index >= 15 is 0 Å². The van der Waals surface area contributed by atoms with Crippen molar-refractivity contribution in [1.29, 1.82) is 0 Å². The lowest BCUT2D eigenvalue weighted by molar-refractivity contribution is -0.142. The van der Waals surface area contributed by atoms with Crippen molar-refractivity contribution in [1.82, 2.24) is 10.6 Å². The van der Waals surface area contributed by atoms with Crippen LogP contribution in [-0.2, 0) is 14.3 Å². The Hall–Kier alpha value is -3.39. The van der Waals surface area contributed by atoms with Crippen LogP contribution >= 0.6 is 0 Å². The SMILES string of the molecule is CC(C)(C)C(CC(=O)NC(CCO)C(=O)O)NC(=O)OCC1c2ccccc2-c2ccccc21. The number of alkyl carbamates (subject to hydrolysis) is 1. The van der Waals surface area contributed by atoms with Crippen LogP contribution in [0.4, 0.5) is 4.79 Å². The molecule has 0 fully saturated rings. The maximum absolute atomic E-state index is 12.7. The normalized spacial score (nSPS) is 14.5. The number of hydrogen-bond acceptors (Lipinski definition) is 5. The van der Waals surface area contributed by atoms with Crippen LogP contribution in [0.15, 0.2) is 48.5 Å². The summed E-state index contributed by atoms with van der Waals surface area (Å²) in [5.74, 6) is -1.83. The van der Waals surface area contributed by atoms with Gasteiger partial charge in [-0.25, -0.2) is 9.59 Å². The largest absolute Gasteiger partial charge is 0.480 e. The molecule has 0 heterocycles. The van der Waals surface area contributed by atoms with Crippen LogP contribution in [0, 0.1) is 5.41 Å². The van der Waals surface area contributed by atoms with Crippen LogP contribution in [-0.4, -0.2) is 53.5 Å². The van der Waals surface area contributed by atoms with Crippen molar-refractivity contribution in [3.63, 3.8) is 0 Å². The zero-order valence-corrected chi connectivity index (χ0v) is 19.7. The first-order valence-corrected chi connectivity index (χ1v) is 11.4. The average Bonchev–Trinajstić information content (AvgIpc) is 3.10. The van der Waals surface area contributed by atoms with E-state index in [0.29, 0.717) is 0 Å². The number of ether oxygens (including phenoxy) is 1. The van der Waals surface area contributed by atoms with Gasteiger partial charge in [0, 0.05) is 31.4 Å². The first-order chi connectivity index (χ1) is 16.1. The molecule has 182 valence electrons. The van der Waals surface area contributed by atoms with E-state index in [1.54, 1.807) is 0 Å². The number of fused-ring (bicyclic) bond motifs is 3. The van der Waals surface area contributed by atoms with Gasteiger partial charge in [-0.2, -0.15) is 0 Å². The van der Waals surface area contributed by atoms with E-state index in [1.807, 2.05) is 57.2 Å². The van der Waals surface area contributed by atoms with Crippen molar-refractivity contribution in [3.8, 4) is 11.1 Å². The molecule has 0 saturated carbocycles. The second kappa shape index (κ2) is 10.7. The molecule has 34 heavy (non-hydrogen) atoms. The Kier molecular flexibility index (Phi) is 7.94. The van der Waals surface area contributed by atoms with E-state index in [4.69, 9.17) is 9.84 Å². The number of nitrogens with one attached hydrogen (secondary N) is 2. The first-order valence-electron chi connectivity index (χ1n) is 11.4. The number of carbonyl (C=O) groups excluding carboxylic acids is 2. The molecule has 1 aliphatic rings. The molecule has 8 heteroatoms. The average molecular weight is 469 g/mol. The van der Waals surface area contributed by atoms with Crippen LogP contribution in [0.2, 0.25) is 0 Å². The maximum Gasteiger partial charge on any atom is 0.407 e. The van der Waals surface area contributed by atoms with Gasteiger partial charge in [0.05, 0.1) is 0 Å². The summed E-state index contributed by atoms with van der Waals surface area (Å²) >= 11 is 0. The quantitative estimate of drug-likeness (QED) is 0.448. The van der Waals surface area contributed by atoms with Crippen molar-refractivity contribution < 1.29 is 29.3 Å². The van der Waals surface area contributed by atoms with Crippen molar-refractivity contribution >= 4 is 18.0 Å². The monoisotopic (exact) mass is 468 g/mol. The molecule has 2 aromatic rings. The predicted octanol–water partition coefficient (Wildman–Crippen LogP) is 3.28. The predicted molar refractivity (Wildman–Crippen MR) is 127 cm³/mol. The smallest absolute Gasteiger partial charge is 0.407 e. The third-order valence-corrected chi connectivity index (χ3v) is 6.12. The van der Waals surface area contributed by atoms with Gasteiger partial charge in [0.1, 0.15) is 12.6 Å². The summed E-state index contributed by atoms with van der Waals surface area (Å²) in [5.41, 5.74) is 3.98. The Morgan fingerprint density at radius 1 is 0.971 bits per heavy atom. The number of hydrogen-bond donors (Lipinski definition) is 4. The minimum atomic E-state index is -1.22. The molecule has 2 amide bonds. The summed E-state index contributed by atoms with van der Waals surface area (Å²) in [6.07, 6.45) is -0.857. The Morgan fingerprint density at radius 3 is 2.03 bits per heavy atom. The Labute approximate surface area is 199 Å². The Morgan fingerprint density at radius 2 is 1.53 bits per heavy atom. The number of amides is 2. The summed E-state index contributed by atoms with van der Waals surface area (Å²) < 4.78 is 5.60. The number of carbonyl (C=O) groups is 3. The van der Waals surface area contributed by atoms with Gasteiger partial charge in [0.25, 0.3) is 0 Å². The van der Waals surface area contributed by atoms with E-state index in [0.717, 1.165) is 22.3 Å². The highest BCUT2D eigenvalue weighted by Crippen LogP contribution is 2.44. The summed E-state index contributed by atoms with van der Waals surface area (Å²) in [6.45, 7) is 5.41. The van der Waals surface area contributed by atoms with E-state index in [2.05, 4.69) is 22.8 Å². The van der Waals surface area contributed by atoms with E-state index < -0.39 is 35.5 Å². The fourth-order valence-corrected chi connectivity index (χ4v) is 4.18. The van der Waals surface area contributed by atoms with E-state index in [9.17, 15) is 19.5 Å². The summed E-state index contributed by atoms with van der Waals surface area (Å²) in [7, 11) is 0. The van der Waals surface area contributed by atoms with Crippen molar-refractivity contribution in [2.75, 3.05) is 13.2 Å². The lowest BCUT2D eigenvalue weighted by Crippen LogP contribution is -2.49. The fourth-order valence-electron chi connectivity index (χ4n) is 4.18. The number of rotatable bonds is 9. The molecule has 1 aliphatic carbocycles. The van der Waals surface area contributed by atoms with Gasteiger partial charge in [-0.15, -0.1) is 0 Å². The van der Waals surface area contributed by atoms with E-state index in [1.165, 1.54) is 0 Å². The zero-order chi connectivity index (χ0) is 24.9. The van der Waals surface area contributed by atoms with Gasteiger partial charge in [0.2, 0.25) is 5.91 Å². The van der Waals surface area contributed by atoms with Crippen LogP contribution in [0.5, 0.6) is 0 Å². The molecule has 0 saturated heterocycles. The fraction of sp³-hybridized carbons (Fsp3) is 0.423. The molecule has 0 spiro atoms. The topological polar surface area (TPSA) is 125 Å². The maximum atomic E-state index is 12.7. The van der Waals surface area contributed by atoms with Gasteiger partial charge in [-0.1, -0.05) is 69.3 Å². The summed E-state index contributed by atoms with van der Waals surface area (Å²) in [5, 5.41) is 23.4. The molecule has 2 aromatic carbocycles. The van der Waals surface area contributed by atoms with Crippen LogP contribution in [0.3, 0.4) is 0 Å². The molecule has 0 radical (unpaired) electrons. The lowest BCUT2D eigenvalue weighted by Gasteiger charge is -2.31. The third-order valence-electron chi connectivity index (χ3n) is 6.12. The second-order valence-electron chi connectivity index (χ2n) is 9.56. The Bertz CT molecular complexity index is 1000. The number of aliphatic hydroxyl groups excluding tert-OH is 1. The highest BCUT2D eigenvalue weighted by Gasteiger charge is 2.32. The van der Waals surface area contributed by atoms with Crippen LogP contribution in [0.1, 0.15) is 50.7 Å². The number of aliphatic hydroxyl groups is 1. The zero-order valence-electron chi connectivity index (χ0n) is 19.7. The highest BCUT2D eigenvalue weighted by atomic mass is 16.5. The molecule has 4 N–H and O–H groups in total. The molecule has 2 unspecified atom stereocenters. The van der Waals surface area contributed by atoms with E-state index in [-0.39, 0.29) is 32.0 Å². The molecule has 0 aliphatic heterocycles. The van der Waals surface area contributed by atoms with Crippen LogP contribution < -0.4 is 10.6 Å². The molecular formula is C26H32N2O6. The number of carboxylic acid groups (broad SMARTS) is 1. The van der Waals surface area contributed by atoms with Gasteiger partial charge in [0.15, 0.2) is 0 Å². The van der Waals surface area contributed by atoms with Crippen molar-refractivity contribution in [2.24, 2.45) is 5.41 Å². The molecule has 2 atom stereocenters. The molecule has 0 bridgehead atoms. The third kappa shape index (κ3) is 5.94. The highest BCUT2D eigenvalue weighted by molar-refractivity contribution is 5.84. The van der Waals surface area contributed by atoms with Gasteiger partial charge >= 0.3 is 12.1 Å². The Balaban J connectivity index is 1.64. The van der Waals surface area contributed by atoms with Gasteiger partial charge in [-0.05, 0) is 27.7 Å². The first kappa shape index (κ1) is 25.2. The summed E-state index contributed by atoms with van der Waals surface area (Å²) in [6, 6.07) is 14.3. The number of aliphatic carboxylic acids is 1. The molecular weight excluding hydrogens is 436 g/mol. The molecule has 8 nitrogen and oxygen atoms in total. The lowest BCUT2D eigenvalue weighted by atomic mass is 9.84. The minimum absolute atomic E-state index is 0.0793. The number of carboxylic acids is 1. The van der Waals surface area contributed by atoms with Gasteiger partial charge in [-0.3, -0.25) is 4.79 Å². The van der Waals surface area contributed by atoms with Gasteiger partial charge < -0.3 is 25.6 Å².